The van der Waals surface area contributed by atoms with Gasteiger partial charge in [-0.1, -0.05) is 11.6 Å². The van der Waals surface area contributed by atoms with E-state index >= 15 is 0 Å². The van der Waals surface area contributed by atoms with Crippen molar-refractivity contribution >= 4 is 34.6 Å². The minimum Gasteiger partial charge on any atom is -0.857 e. The zero-order valence-electron chi connectivity index (χ0n) is 21.0. The molecule has 2 heterocycles. The largest absolute Gasteiger partial charge is 1.00 e. The summed E-state index contributed by atoms with van der Waals surface area (Å²) in [4.78, 5) is 28.3. The van der Waals surface area contributed by atoms with Gasteiger partial charge in [-0.25, -0.2) is 4.98 Å². The van der Waals surface area contributed by atoms with Crippen LogP contribution in [0, 0.1) is 20.2 Å². The Morgan fingerprint density at radius 3 is 1.69 bits per heavy atom. The normalized spacial score (nSPS) is 9.39. The van der Waals surface area contributed by atoms with Crippen LogP contribution in [-0.2, 0) is 9.47 Å². The van der Waals surface area contributed by atoms with E-state index in [1.165, 1.54) is 31.4 Å². The zero-order chi connectivity index (χ0) is 26.6. The van der Waals surface area contributed by atoms with Gasteiger partial charge in [-0.3, -0.25) is 20.2 Å². The molecule has 0 unspecified atom stereocenters. The van der Waals surface area contributed by atoms with Crippen molar-refractivity contribution in [2.24, 2.45) is 0 Å². The number of hydrogen-bond donors (Lipinski definition) is 2. The van der Waals surface area contributed by atoms with Crippen LogP contribution in [0.15, 0.2) is 24.3 Å². The maximum atomic E-state index is 10.8. The van der Waals surface area contributed by atoms with Crippen LogP contribution in [0.1, 0.15) is 12.8 Å². The van der Waals surface area contributed by atoms with Crippen LogP contribution in [-0.4, -0.2) is 74.6 Å². The van der Waals surface area contributed by atoms with E-state index in [0.717, 1.165) is 20.0 Å². The summed E-state index contributed by atoms with van der Waals surface area (Å²) in [5.41, 5.74) is -0.148. The van der Waals surface area contributed by atoms with Crippen molar-refractivity contribution in [3.05, 3.63) is 49.6 Å². The van der Waals surface area contributed by atoms with E-state index in [0.29, 0.717) is 32.2 Å². The van der Waals surface area contributed by atoms with Gasteiger partial charge in [0.15, 0.2) is 0 Å². The van der Waals surface area contributed by atoms with Crippen LogP contribution in [0.2, 0.25) is 5.15 Å². The van der Waals surface area contributed by atoms with Crippen molar-refractivity contribution < 1.29 is 58.7 Å². The van der Waals surface area contributed by atoms with Gasteiger partial charge in [0, 0.05) is 58.7 Å². The number of nitrogens with one attached hydrogen (secondary N) is 2. The summed E-state index contributed by atoms with van der Waals surface area (Å²) in [7, 11) is 5.41. The third-order valence-corrected chi connectivity index (χ3v) is 4.14. The quantitative estimate of drug-likeness (QED) is 0.109. The van der Waals surface area contributed by atoms with Crippen LogP contribution in [0.4, 0.5) is 23.0 Å². The molecule has 2 N–H and O–H groups in total. The summed E-state index contributed by atoms with van der Waals surface area (Å²) in [5, 5.41) is 35.7. The molecule has 36 heavy (non-hydrogen) atoms. The molecule has 16 heteroatoms. The van der Waals surface area contributed by atoms with Gasteiger partial charge < -0.3 is 30.0 Å². The average molecular weight is 541 g/mol. The van der Waals surface area contributed by atoms with Crippen LogP contribution < -0.4 is 50.0 Å². The average Bonchev–Trinajstić information content (AvgIpc) is 2.85. The Bertz CT molecular complexity index is 913. The molecule has 0 aliphatic heterocycles. The fourth-order valence-corrected chi connectivity index (χ4v) is 2.52. The van der Waals surface area contributed by atoms with Crippen molar-refractivity contribution in [3.63, 3.8) is 0 Å². The molecule has 0 fully saturated rings. The third-order valence-electron chi connectivity index (χ3n) is 3.93. The van der Waals surface area contributed by atoms with Crippen LogP contribution >= 0.6 is 11.6 Å². The first-order valence-electron chi connectivity index (χ1n) is 10.2. The maximum Gasteiger partial charge on any atom is 1.00 e. The van der Waals surface area contributed by atoms with Crippen molar-refractivity contribution in [1.82, 2.24) is 9.97 Å². The summed E-state index contributed by atoms with van der Waals surface area (Å²) in [6, 6.07) is 5.54. The van der Waals surface area contributed by atoms with E-state index in [1.807, 2.05) is 0 Å². The van der Waals surface area contributed by atoms with Gasteiger partial charge in [0.2, 0.25) is 17.5 Å². The number of rotatable bonds is 13. The van der Waals surface area contributed by atoms with E-state index in [4.69, 9.17) is 30.9 Å². The van der Waals surface area contributed by atoms with E-state index in [1.54, 1.807) is 14.2 Å². The number of anilines is 2. The smallest absolute Gasteiger partial charge is 0.857 e. The predicted octanol–water partition coefficient (Wildman–Crippen LogP) is -0.481. The Hall–Kier alpha value is -2.33. The number of pyridine rings is 2. The minimum atomic E-state index is -0.498. The molecule has 0 aliphatic rings. The van der Waals surface area contributed by atoms with Crippen molar-refractivity contribution in [2.45, 2.75) is 12.8 Å². The Labute approximate surface area is 236 Å². The Kier molecular flexibility index (Phi) is 21.8. The SMILES string of the molecule is COCCCNc1nc(Cl)ccc1[N+](=O)[O-].COCCCNc1nc(OC)ccc1[N+](=O)[O-].C[O-].[Na+]. The van der Waals surface area contributed by atoms with Gasteiger partial charge in [0.25, 0.3) is 0 Å². The molecular formula is C20H30ClN6NaO8. The molecule has 2 aromatic rings. The Balaban J connectivity index is 0. The summed E-state index contributed by atoms with van der Waals surface area (Å²) in [6.45, 7) is 2.27. The molecule has 0 atom stereocenters. The van der Waals surface area contributed by atoms with Gasteiger partial charge in [-0.2, -0.15) is 12.1 Å². The molecule has 0 aliphatic carbocycles. The van der Waals surface area contributed by atoms with Gasteiger partial charge in [-0.05, 0) is 18.9 Å². The van der Waals surface area contributed by atoms with Gasteiger partial charge in [0.1, 0.15) is 5.15 Å². The van der Waals surface area contributed by atoms with Crippen LogP contribution in [0.5, 0.6) is 5.88 Å². The summed E-state index contributed by atoms with van der Waals surface area (Å²) >= 11 is 5.66. The van der Waals surface area contributed by atoms with Crippen LogP contribution in [0.3, 0.4) is 0 Å². The van der Waals surface area contributed by atoms with E-state index in [2.05, 4.69) is 20.6 Å². The zero-order valence-corrected chi connectivity index (χ0v) is 23.7. The molecule has 0 saturated carbocycles. The molecule has 0 bridgehead atoms. The van der Waals surface area contributed by atoms with Crippen molar-refractivity contribution in [1.29, 1.82) is 0 Å². The molecule has 14 nitrogen and oxygen atoms in total. The molecule has 0 aromatic carbocycles. The second-order valence-corrected chi connectivity index (χ2v) is 6.67. The topological polar surface area (TPSA) is 187 Å². The number of methoxy groups -OCH3 is 3. The Morgan fingerprint density at radius 2 is 1.28 bits per heavy atom. The molecular weight excluding hydrogens is 511 g/mol. The molecule has 0 radical (unpaired) electrons. The first-order chi connectivity index (χ1) is 16.8. The number of nitro groups is 2. The third kappa shape index (κ3) is 14.3. The monoisotopic (exact) mass is 540 g/mol. The van der Waals surface area contributed by atoms with Crippen molar-refractivity contribution in [2.75, 3.05) is 65.4 Å². The Morgan fingerprint density at radius 1 is 0.833 bits per heavy atom. The molecule has 196 valence electrons. The van der Waals surface area contributed by atoms with Gasteiger partial charge in [-0.15, -0.1) is 0 Å². The fourth-order valence-electron chi connectivity index (χ4n) is 2.38. The molecule has 2 rings (SSSR count). The summed E-state index contributed by atoms with van der Waals surface area (Å²) in [6.07, 6.45) is 1.48. The standard InChI is InChI=1S/C10H15N3O4.C9H12ClN3O3.CH3O.Na/c1-16-7-3-6-11-10-8(13(14)15)4-5-9(12-10)17-2;1-16-6-2-5-11-9-7(13(14)15)3-4-8(10)12-9;1-2;/h4-5H,3,6-7H2,1-2H3,(H,11,12);3-4H,2,5-6H2,1H3,(H,11,12);1H3;/q;;-1;+1. The number of ether oxygens (including phenoxy) is 3. The van der Waals surface area contributed by atoms with Gasteiger partial charge >= 0.3 is 40.9 Å². The van der Waals surface area contributed by atoms with E-state index < -0.39 is 9.85 Å². The number of halogens is 1. The second-order valence-electron chi connectivity index (χ2n) is 6.28. The molecule has 0 spiro atoms. The maximum absolute atomic E-state index is 10.8. The minimum absolute atomic E-state index is 0. The second kappa shape index (κ2) is 21.9. The van der Waals surface area contributed by atoms with E-state index in [9.17, 15) is 20.2 Å². The summed E-state index contributed by atoms with van der Waals surface area (Å²) in [5.74, 6) is 0.740. The van der Waals surface area contributed by atoms with Gasteiger partial charge in [0.05, 0.1) is 17.0 Å². The summed E-state index contributed by atoms with van der Waals surface area (Å²) < 4.78 is 14.7. The van der Waals surface area contributed by atoms with Crippen LogP contribution in [0.25, 0.3) is 0 Å². The van der Waals surface area contributed by atoms with Crippen molar-refractivity contribution in [3.8, 4) is 5.88 Å². The molecule has 2 aromatic heterocycles. The first kappa shape index (κ1) is 35.8. The number of aromatic nitrogens is 2. The molecule has 0 saturated heterocycles. The fraction of sp³-hybridized carbons (Fsp3) is 0.500. The molecule has 0 amide bonds. The van der Waals surface area contributed by atoms with E-state index in [-0.39, 0.29) is 57.7 Å². The predicted molar refractivity (Wildman–Crippen MR) is 129 cm³/mol. The first-order valence-corrected chi connectivity index (χ1v) is 10.6. The number of nitrogens with zero attached hydrogens (tertiary/aromatic N) is 4. The number of hydrogen-bond acceptors (Lipinski definition) is 12.